The molecule has 112 valence electrons. The number of hydrogen-bond donors (Lipinski definition) is 1. The van der Waals surface area contributed by atoms with Gasteiger partial charge in [0.2, 0.25) is 0 Å². The number of nitrogens with zero attached hydrogens (tertiary/aromatic N) is 2. The summed E-state index contributed by atoms with van der Waals surface area (Å²) in [5.41, 5.74) is 2.01. The SMILES string of the molecule is COC1=CC=C(CN2C(=O)c3ccccc3C2=O)CC1=NO. The van der Waals surface area contributed by atoms with Crippen LogP contribution in [0.2, 0.25) is 0 Å². The van der Waals surface area contributed by atoms with Gasteiger partial charge in [0.05, 0.1) is 24.8 Å². The lowest BCUT2D eigenvalue weighted by atomic mass is 10.0. The van der Waals surface area contributed by atoms with E-state index in [1.54, 1.807) is 36.4 Å². The van der Waals surface area contributed by atoms with E-state index in [2.05, 4.69) is 5.16 Å². The molecule has 3 rings (SSSR count). The molecule has 0 spiro atoms. The van der Waals surface area contributed by atoms with E-state index in [4.69, 9.17) is 9.94 Å². The second kappa shape index (κ2) is 5.48. The Balaban J connectivity index is 1.84. The fourth-order valence-electron chi connectivity index (χ4n) is 2.62. The predicted molar refractivity (Wildman–Crippen MR) is 78.8 cm³/mol. The predicted octanol–water partition coefficient (Wildman–Crippen LogP) is 1.97. The molecule has 0 radical (unpaired) electrons. The molecule has 0 saturated carbocycles. The number of imide groups is 1. The number of methoxy groups -OCH3 is 1. The lowest BCUT2D eigenvalue weighted by molar-refractivity contribution is 0.0667. The Morgan fingerprint density at radius 1 is 1.18 bits per heavy atom. The minimum Gasteiger partial charge on any atom is -0.495 e. The standard InChI is InChI=1S/C16H14N2O4/c1-22-14-7-6-10(8-13(14)17-21)9-18-15(19)11-4-2-3-5-12(11)16(18)20/h2-7,21H,8-9H2,1H3. The van der Waals surface area contributed by atoms with Crippen LogP contribution in [-0.4, -0.2) is 41.3 Å². The Kier molecular flexibility index (Phi) is 3.50. The highest BCUT2D eigenvalue weighted by Gasteiger charge is 2.35. The van der Waals surface area contributed by atoms with E-state index >= 15 is 0 Å². The summed E-state index contributed by atoms with van der Waals surface area (Å²) in [4.78, 5) is 25.8. The maximum atomic E-state index is 12.3. The van der Waals surface area contributed by atoms with E-state index < -0.39 is 0 Å². The summed E-state index contributed by atoms with van der Waals surface area (Å²) in [5, 5.41) is 12.2. The average molecular weight is 298 g/mol. The molecule has 0 atom stereocenters. The molecule has 0 bridgehead atoms. The summed E-state index contributed by atoms with van der Waals surface area (Å²) >= 11 is 0. The number of amides is 2. The fourth-order valence-corrected chi connectivity index (χ4v) is 2.62. The van der Waals surface area contributed by atoms with Gasteiger partial charge in [0.15, 0.2) is 0 Å². The van der Waals surface area contributed by atoms with E-state index in [0.717, 1.165) is 5.57 Å². The van der Waals surface area contributed by atoms with Crippen molar-refractivity contribution in [2.45, 2.75) is 6.42 Å². The Morgan fingerprint density at radius 3 is 2.36 bits per heavy atom. The van der Waals surface area contributed by atoms with Gasteiger partial charge in [-0.1, -0.05) is 23.4 Å². The number of carbonyl (C=O) groups excluding carboxylic acids is 2. The van der Waals surface area contributed by atoms with Crippen LogP contribution >= 0.6 is 0 Å². The van der Waals surface area contributed by atoms with E-state index in [0.29, 0.717) is 29.0 Å². The summed E-state index contributed by atoms with van der Waals surface area (Å²) in [6.45, 7) is 0.166. The third-order valence-electron chi connectivity index (χ3n) is 3.73. The van der Waals surface area contributed by atoms with Gasteiger partial charge in [0.1, 0.15) is 11.5 Å². The molecule has 1 heterocycles. The summed E-state index contributed by atoms with van der Waals surface area (Å²) < 4.78 is 5.08. The minimum absolute atomic E-state index is 0.166. The average Bonchev–Trinajstić information content (AvgIpc) is 2.80. The van der Waals surface area contributed by atoms with Crippen LogP contribution in [0.3, 0.4) is 0 Å². The van der Waals surface area contributed by atoms with Crippen LogP contribution in [0, 0.1) is 0 Å². The van der Waals surface area contributed by atoms with Gasteiger partial charge >= 0.3 is 0 Å². The molecule has 1 aromatic rings. The van der Waals surface area contributed by atoms with Crippen LogP contribution in [0.15, 0.2) is 52.9 Å². The van der Waals surface area contributed by atoms with Crippen LogP contribution < -0.4 is 0 Å². The van der Waals surface area contributed by atoms with Crippen molar-refractivity contribution in [3.8, 4) is 0 Å². The molecule has 6 nitrogen and oxygen atoms in total. The van der Waals surface area contributed by atoms with Gasteiger partial charge < -0.3 is 9.94 Å². The monoisotopic (exact) mass is 298 g/mol. The first kappa shape index (κ1) is 14.1. The first-order valence-corrected chi connectivity index (χ1v) is 6.76. The van der Waals surface area contributed by atoms with Crippen molar-refractivity contribution in [2.75, 3.05) is 13.7 Å². The molecule has 2 amide bonds. The van der Waals surface area contributed by atoms with Crippen molar-refractivity contribution >= 4 is 17.5 Å². The number of oxime groups is 1. The van der Waals surface area contributed by atoms with E-state index in [-0.39, 0.29) is 18.4 Å². The highest BCUT2D eigenvalue weighted by atomic mass is 16.5. The van der Waals surface area contributed by atoms with Crippen molar-refractivity contribution in [2.24, 2.45) is 5.16 Å². The van der Waals surface area contributed by atoms with Gasteiger partial charge in [-0.2, -0.15) is 0 Å². The smallest absolute Gasteiger partial charge is 0.261 e. The molecular weight excluding hydrogens is 284 g/mol. The van der Waals surface area contributed by atoms with Crippen LogP contribution in [0.4, 0.5) is 0 Å². The van der Waals surface area contributed by atoms with Crippen LogP contribution in [-0.2, 0) is 4.74 Å². The zero-order valence-corrected chi connectivity index (χ0v) is 11.9. The van der Waals surface area contributed by atoms with Crippen molar-refractivity contribution in [3.63, 3.8) is 0 Å². The van der Waals surface area contributed by atoms with Crippen molar-refractivity contribution in [1.82, 2.24) is 4.90 Å². The Labute approximate surface area is 127 Å². The van der Waals surface area contributed by atoms with Gasteiger partial charge in [0, 0.05) is 6.42 Å². The minimum atomic E-state index is -0.300. The van der Waals surface area contributed by atoms with E-state index in [9.17, 15) is 9.59 Å². The van der Waals surface area contributed by atoms with Gasteiger partial charge in [-0.15, -0.1) is 0 Å². The molecule has 6 heteroatoms. The first-order valence-electron chi connectivity index (χ1n) is 6.76. The van der Waals surface area contributed by atoms with Crippen LogP contribution in [0.5, 0.6) is 0 Å². The lowest BCUT2D eigenvalue weighted by Crippen LogP contribution is -2.32. The molecule has 1 N–H and O–H groups in total. The second-order valence-electron chi connectivity index (χ2n) is 5.03. The van der Waals surface area contributed by atoms with E-state index in [1.807, 2.05) is 0 Å². The zero-order chi connectivity index (χ0) is 15.7. The molecule has 0 saturated heterocycles. The van der Waals surface area contributed by atoms with Gasteiger partial charge in [0.25, 0.3) is 11.8 Å². The number of hydrogen-bond acceptors (Lipinski definition) is 5. The van der Waals surface area contributed by atoms with Crippen molar-refractivity contribution in [3.05, 3.63) is 58.9 Å². The second-order valence-corrected chi connectivity index (χ2v) is 5.03. The Bertz CT molecular complexity index is 711. The molecule has 22 heavy (non-hydrogen) atoms. The summed E-state index contributed by atoms with van der Waals surface area (Å²) in [6, 6.07) is 6.76. The summed E-state index contributed by atoms with van der Waals surface area (Å²) in [6.07, 6.45) is 3.76. The summed E-state index contributed by atoms with van der Waals surface area (Å²) in [7, 11) is 1.49. The molecule has 1 aliphatic carbocycles. The topological polar surface area (TPSA) is 79.2 Å². The maximum Gasteiger partial charge on any atom is 0.261 e. The highest BCUT2D eigenvalue weighted by Crippen LogP contribution is 2.25. The first-order chi connectivity index (χ1) is 10.7. The largest absolute Gasteiger partial charge is 0.495 e. The molecule has 2 aliphatic rings. The molecular formula is C16H14N2O4. The van der Waals surface area contributed by atoms with Gasteiger partial charge in [-0.05, 0) is 23.8 Å². The fraction of sp³-hybridized carbons (Fsp3) is 0.188. The maximum absolute atomic E-state index is 12.3. The number of ether oxygens (including phenoxy) is 1. The molecule has 0 aromatic heterocycles. The quantitative estimate of drug-likeness (QED) is 0.525. The zero-order valence-electron chi connectivity index (χ0n) is 11.9. The lowest BCUT2D eigenvalue weighted by Gasteiger charge is -2.19. The van der Waals surface area contributed by atoms with Crippen molar-refractivity contribution < 1.29 is 19.5 Å². The number of rotatable bonds is 3. The van der Waals surface area contributed by atoms with Gasteiger partial charge in [-0.25, -0.2) is 0 Å². The highest BCUT2D eigenvalue weighted by molar-refractivity contribution is 6.21. The van der Waals surface area contributed by atoms with Crippen LogP contribution in [0.25, 0.3) is 0 Å². The molecule has 0 unspecified atom stereocenters. The third kappa shape index (κ3) is 2.18. The molecule has 0 fully saturated rings. The normalized spacial score (nSPS) is 19.1. The molecule has 1 aliphatic heterocycles. The summed E-state index contributed by atoms with van der Waals surface area (Å²) in [5.74, 6) is -0.135. The molecule has 1 aromatic carbocycles. The Hall–Kier alpha value is -2.89. The third-order valence-corrected chi connectivity index (χ3v) is 3.73. The van der Waals surface area contributed by atoms with Crippen molar-refractivity contribution in [1.29, 1.82) is 0 Å². The van der Waals surface area contributed by atoms with Crippen LogP contribution in [0.1, 0.15) is 27.1 Å². The number of benzene rings is 1. The van der Waals surface area contributed by atoms with Gasteiger partial charge in [-0.3, -0.25) is 14.5 Å². The number of fused-ring (bicyclic) bond motifs is 1. The number of allylic oxidation sites excluding steroid dienone is 3. The number of carbonyl (C=O) groups is 2. The van der Waals surface area contributed by atoms with E-state index in [1.165, 1.54) is 12.0 Å². The Morgan fingerprint density at radius 2 is 1.82 bits per heavy atom.